The molecule has 8 nitrogen and oxygen atoms in total. The standard InChI is InChI=1S/C26H28O8/c1-10(2)15-9-17(25(32)34-5)22(29)21-16(15)7-13-6-14-8-18(28)20(12(4)27)24(31)26(14,33)11(3)19(13)23(21)30/h9-10,13-14,28-29,33H,6-8H2,1-5H3/t13-,14+,26-/m0/s1. The number of carbonyl (C=O) groups is 4. The van der Waals surface area contributed by atoms with Crippen LogP contribution >= 0.6 is 0 Å². The number of benzene rings is 1. The molecule has 0 aliphatic heterocycles. The molecule has 0 bridgehead atoms. The highest BCUT2D eigenvalue weighted by atomic mass is 16.5. The average molecular weight is 469 g/mol. The highest BCUT2D eigenvalue weighted by Gasteiger charge is 2.57. The number of hydrogen-bond acceptors (Lipinski definition) is 8. The molecular weight excluding hydrogens is 440 g/mol. The van der Waals surface area contributed by atoms with Gasteiger partial charge >= 0.3 is 5.97 Å². The van der Waals surface area contributed by atoms with Gasteiger partial charge in [0.25, 0.3) is 0 Å². The van der Waals surface area contributed by atoms with Gasteiger partial charge in [-0.1, -0.05) is 13.8 Å². The lowest BCUT2D eigenvalue weighted by Crippen LogP contribution is -2.56. The first-order valence-corrected chi connectivity index (χ1v) is 11.3. The van der Waals surface area contributed by atoms with Crippen molar-refractivity contribution in [2.45, 2.75) is 58.5 Å². The Hall–Kier alpha value is -3.26. The number of fused-ring (bicyclic) bond motifs is 3. The topological polar surface area (TPSA) is 138 Å². The first-order valence-electron chi connectivity index (χ1n) is 11.3. The minimum Gasteiger partial charge on any atom is -0.511 e. The van der Waals surface area contributed by atoms with Crippen LogP contribution in [-0.4, -0.2) is 51.3 Å². The van der Waals surface area contributed by atoms with Crippen molar-refractivity contribution in [3.8, 4) is 5.75 Å². The lowest BCUT2D eigenvalue weighted by molar-refractivity contribution is -0.140. The van der Waals surface area contributed by atoms with E-state index in [4.69, 9.17) is 4.74 Å². The zero-order valence-electron chi connectivity index (χ0n) is 19.8. The van der Waals surface area contributed by atoms with Gasteiger partial charge in [0.15, 0.2) is 17.2 Å². The summed E-state index contributed by atoms with van der Waals surface area (Å²) in [6.07, 6.45) is 0.552. The summed E-state index contributed by atoms with van der Waals surface area (Å²) < 4.78 is 4.78. The van der Waals surface area contributed by atoms with Gasteiger partial charge in [-0.3, -0.25) is 14.4 Å². The predicted octanol–water partition coefficient (Wildman–Crippen LogP) is 3.10. The number of aliphatic hydroxyl groups excluding tert-OH is 1. The van der Waals surface area contributed by atoms with Gasteiger partial charge < -0.3 is 20.1 Å². The molecule has 0 heterocycles. The van der Waals surface area contributed by atoms with Crippen LogP contribution in [0.15, 0.2) is 28.5 Å². The molecule has 0 aromatic heterocycles. The highest BCUT2D eigenvalue weighted by molar-refractivity contribution is 6.25. The third kappa shape index (κ3) is 3.08. The summed E-state index contributed by atoms with van der Waals surface area (Å²) >= 11 is 0. The van der Waals surface area contributed by atoms with Crippen LogP contribution in [0.3, 0.4) is 0 Å². The molecule has 34 heavy (non-hydrogen) atoms. The van der Waals surface area contributed by atoms with E-state index in [0.717, 1.165) is 12.5 Å². The maximum atomic E-state index is 13.8. The lowest BCUT2D eigenvalue weighted by Gasteiger charge is -2.47. The Bertz CT molecular complexity index is 1230. The molecule has 0 fully saturated rings. The van der Waals surface area contributed by atoms with Crippen molar-refractivity contribution in [2.75, 3.05) is 7.11 Å². The van der Waals surface area contributed by atoms with Gasteiger partial charge in [-0.15, -0.1) is 0 Å². The van der Waals surface area contributed by atoms with Crippen molar-refractivity contribution in [2.24, 2.45) is 11.8 Å². The zero-order valence-corrected chi connectivity index (χ0v) is 19.8. The second kappa shape index (κ2) is 7.91. The molecule has 8 heteroatoms. The summed E-state index contributed by atoms with van der Waals surface area (Å²) in [5.74, 6) is -4.84. The number of carbonyl (C=O) groups excluding carboxylic acids is 4. The van der Waals surface area contributed by atoms with Crippen LogP contribution in [0.2, 0.25) is 0 Å². The second-order valence-corrected chi connectivity index (χ2v) is 9.74. The third-order valence-electron chi connectivity index (χ3n) is 7.59. The Morgan fingerprint density at radius 1 is 1.18 bits per heavy atom. The summed E-state index contributed by atoms with van der Waals surface area (Å²) in [5.41, 5.74) is -1.01. The lowest BCUT2D eigenvalue weighted by atomic mass is 9.57. The van der Waals surface area contributed by atoms with Crippen molar-refractivity contribution in [3.05, 3.63) is 50.8 Å². The number of esters is 1. The van der Waals surface area contributed by atoms with Crippen molar-refractivity contribution >= 4 is 23.3 Å². The molecule has 180 valence electrons. The normalized spacial score (nSPS) is 26.3. The molecule has 0 spiro atoms. The Labute approximate surface area is 196 Å². The van der Waals surface area contributed by atoms with Gasteiger partial charge in [0, 0.05) is 17.9 Å². The molecule has 3 atom stereocenters. The van der Waals surface area contributed by atoms with Crippen LogP contribution in [0.1, 0.15) is 78.3 Å². The molecule has 3 N–H and O–H groups in total. The van der Waals surface area contributed by atoms with E-state index in [2.05, 4.69) is 0 Å². The Morgan fingerprint density at radius 3 is 2.38 bits per heavy atom. The van der Waals surface area contributed by atoms with Crippen LogP contribution < -0.4 is 0 Å². The largest absolute Gasteiger partial charge is 0.511 e. The molecule has 0 saturated carbocycles. The van der Waals surface area contributed by atoms with Crippen LogP contribution in [0.5, 0.6) is 5.75 Å². The minimum atomic E-state index is -2.11. The number of aliphatic hydroxyl groups is 2. The molecule has 4 rings (SSSR count). The number of rotatable bonds is 3. The van der Waals surface area contributed by atoms with Gasteiger partial charge in [-0.05, 0) is 61.3 Å². The van der Waals surface area contributed by atoms with E-state index in [9.17, 15) is 34.5 Å². The predicted molar refractivity (Wildman–Crippen MR) is 121 cm³/mol. The van der Waals surface area contributed by atoms with Gasteiger partial charge in [0.2, 0.25) is 5.78 Å². The first-order chi connectivity index (χ1) is 15.9. The molecule has 1 aromatic carbocycles. The van der Waals surface area contributed by atoms with Crippen molar-refractivity contribution in [1.29, 1.82) is 0 Å². The molecule has 3 aliphatic rings. The van der Waals surface area contributed by atoms with Gasteiger partial charge in [0.1, 0.15) is 22.6 Å². The van der Waals surface area contributed by atoms with Crippen molar-refractivity contribution in [1.82, 2.24) is 0 Å². The van der Waals surface area contributed by atoms with E-state index in [0.29, 0.717) is 12.0 Å². The van der Waals surface area contributed by atoms with Gasteiger partial charge in [0.05, 0.1) is 12.7 Å². The first kappa shape index (κ1) is 23.9. The number of phenols is 1. The van der Waals surface area contributed by atoms with Gasteiger partial charge in [-0.2, -0.15) is 0 Å². The van der Waals surface area contributed by atoms with E-state index >= 15 is 0 Å². The monoisotopic (exact) mass is 468 g/mol. The van der Waals surface area contributed by atoms with Crippen LogP contribution in [0.25, 0.3) is 0 Å². The number of ether oxygens (including phenoxy) is 1. The number of methoxy groups -OCH3 is 1. The third-order valence-corrected chi connectivity index (χ3v) is 7.59. The quantitative estimate of drug-likeness (QED) is 0.454. The van der Waals surface area contributed by atoms with E-state index in [-0.39, 0.29) is 52.7 Å². The number of hydrogen-bond donors (Lipinski definition) is 3. The fourth-order valence-electron chi connectivity index (χ4n) is 5.96. The van der Waals surface area contributed by atoms with E-state index in [1.165, 1.54) is 14.0 Å². The molecule has 0 saturated heterocycles. The smallest absolute Gasteiger partial charge is 0.341 e. The Balaban J connectivity index is 1.96. The van der Waals surface area contributed by atoms with Crippen LogP contribution in [0, 0.1) is 11.8 Å². The Kier molecular flexibility index (Phi) is 5.55. The second-order valence-electron chi connectivity index (χ2n) is 9.74. The summed E-state index contributed by atoms with van der Waals surface area (Å²) in [6.45, 7) is 6.46. The van der Waals surface area contributed by atoms with E-state index in [1.807, 2.05) is 13.8 Å². The summed E-state index contributed by atoms with van der Waals surface area (Å²) in [4.78, 5) is 51.4. The highest BCUT2D eigenvalue weighted by Crippen LogP contribution is 2.53. The number of ketones is 3. The number of Topliss-reactive ketones (excluding diaryl/α,β-unsaturated/α-hetero) is 3. The van der Waals surface area contributed by atoms with Crippen molar-refractivity contribution < 1.29 is 39.2 Å². The zero-order chi connectivity index (χ0) is 25.3. The molecule has 0 amide bonds. The fourth-order valence-corrected chi connectivity index (χ4v) is 5.96. The Morgan fingerprint density at radius 2 is 1.82 bits per heavy atom. The molecule has 0 radical (unpaired) electrons. The van der Waals surface area contributed by atoms with Crippen LogP contribution in [-0.2, 0) is 20.7 Å². The van der Waals surface area contributed by atoms with E-state index < -0.39 is 46.2 Å². The summed E-state index contributed by atoms with van der Waals surface area (Å²) in [5, 5.41) is 32.9. The SMILES string of the molecule is COC(=O)c1cc(C(C)C)c2c(c1O)C(=O)C1=C(C)[C@@]3(O)C(=O)C(C(C)=O)=C(O)C[C@H]3C[C@H]1C2. The molecule has 0 unspecified atom stereocenters. The molecular formula is C26H28O8. The average Bonchev–Trinajstić information content (AvgIpc) is 2.75. The molecule has 1 aromatic rings. The maximum absolute atomic E-state index is 13.8. The van der Waals surface area contributed by atoms with Crippen molar-refractivity contribution in [3.63, 3.8) is 0 Å². The fraction of sp³-hybridized carbons (Fsp3) is 0.462. The summed E-state index contributed by atoms with van der Waals surface area (Å²) in [7, 11) is 1.18. The number of aromatic hydroxyl groups is 1. The number of allylic oxidation sites excluding steroid dienone is 2. The maximum Gasteiger partial charge on any atom is 0.341 e. The van der Waals surface area contributed by atoms with Crippen LogP contribution in [0.4, 0.5) is 0 Å². The summed E-state index contributed by atoms with van der Waals surface area (Å²) in [6, 6.07) is 1.55. The van der Waals surface area contributed by atoms with Gasteiger partial charge in [-0.25, -0.2) is 4.79 Å². The number of phenolic OH excluding ortho intramolecular Hbond substituents is 1. The molecule has 3 aliphatic carbocycles. The minimum absolute atomic E-state index is 0.0207. The van der Waals surface area contributed by atoms with E-state index in [1.54, 1.807) is 6.07 Å².